The number of hydrogen-bond acceptors (Lipinski definition) is 4. The van der Waals surface area contributed by atoms with E-state index in [0.717, 1.165) is 44.7 Å². The topological polar surface area (TPSA) is 48.5 Å². The first-order valence-electron chi connectivity index (χ1n) is 9.07. The van der Waals surface area contributed by atoms with Gasteiger partial charge < -0.3 is 15.1 Å². The van der Waals surface area contributed by atoms with E-state index in [1.54, 1.807) is 0 Å². The standard InChI is InChI=1S/C20H26N4O/c1-2-3-9-20(25)22-19-11-10-18(16-21-19)24-14-12-23(13-15-24)17-7-5-4-6-8-17/h4-8,10-11,16H,2-3,9,12-15H2,1H3,(H,21,22,25). The quantitative estimate of drug-likeness (QED) is 0.875. The van der Waals surface area contributed by atoms with E-state index in [-0.39, 0.29) is 5.91 Å². The van der Waals surface area contributed by atoms with Gasteiger partial charge in [-0.15, -0.1) is 0 Å². The highest BCUT2D eigenvalue weighted by Crippen LogP contribution is 2.20. The molecule has 5 heteroatoms. The van der Waals surface area contributed by atoms with Crippen LogP contribution in [0.25, 0.3) is 0 Å². The van der Waals surface area contributed by atoms with Gasteiger partial charge in [-0.2, -0.15) is 0 Å². The molecular formula is C20H26N4O. The molecule has 1 aliphatic rings. The Morgan fingerprint density at radius 1 is 1.00 bits per heavy atom. The monoisotopic (exact) mass is 338 g/mol. The van der Waals surface area contributed by atoms with E-state index in [2.05, 4.69) is 51.3 Å². The third-order valence-corrected chi connectivity index (χ3v) is 4.54. The molecule has 0 radical (unpaired) electrons. The average Bonchev–Trinajstić information content (AvgIpc) is 2.68. The SMILES string of the molecule is CCCCC(=O)Nc1ccc(N2CCN(c3ccccc3)CC2)cn1. The van der Waals surface area contributed by atoms with Crippen molar-refractivity contribution in [3.8, 4) is 0 Å². The Morgan fingerprint density at radius 3 is 2.28 bits per heavy atom. The number of hydrogen-bond donors (Lipinski definition) is 1. The number of piperazine rings is 1. The minimum Gasteiger partial charge on any atom is -0.368 e. The molecule has 1 amide bonds. The highest BCUT2D eigenvalue weighted by molar-refractivity contribution is 5.89. The first-order valence-corrected chi connectivity index (χ1v) is 9.07. The molecule has 0 unspecified atom stereocenters. The van der Waals surface area contributed by atoms with Crippen LogP contribution >= 0.6 is 0 Å². The van der Waals surface area contributed by atoms with Gasteiger partial charge in [0.05, 0.1) is 11.9 Å². The summed E-state index contributed by atoms with van der Waals surface area (Å²) in [6.07, 6.45) is 4.35. The lowest BCUT2D eigenvalue weighted by molar-refractivity contribution is -0.116. The van der Waals surface area contributed by atoms with Crippen molar-refractivity contribution in [1.29, 1.82) is 0 Å². The second-order valence-corrected chi connectivity index (χ2v) is 6.36. The number of rotatable bonds is 6. The van der Waals surface area contributed by atoms with Crippen molar-refractivity contribution in [3.63, 3.8) is 0 Å². The zero-order valence-electron chi connectivity index (χ0n) is 14.8. The Labute approximate surface area is 149 Å². The third kappa shape index (κ3) is 4.72. The van der Waals surface area contributed by atoms with Crippen LogP contribution in [0.2, 0.25) is 0 Å². The van der Waals surface area contributed by atoms with Gasteiger partial charge in [-0.25, -0.2) is 4.98 Å². The number of para-hydroxylation sites is 1. The van der Waals surface area contributed by atoms with Crippen molar-refractivity contribution in [2.75, 3.05) is 41.3 Å². The lowest BCUT2D eigenvalue weighted by Gasteiger charge is -2.37. The van der Waals surface area contributed by atoms with Crippen LogP contribution in [0.15, 0.2) is 48.7 Å². The summed E-state index contributed by atoms with van der Waals surface area (Å²) < 4.78 is 0. The summed E-state index contributed by atoms with van der Waals surface area (Å²) in [7, 11) is 0. The molecule has 132 valence electrons. The van der Waals surface area contributed by atoms with Crippen LogP contribution in [-0.2, 0) is 4.79 Å². The summed E-state index contributed by atoms with van der Waals surface area (Å²) in [5.74, 6) is 0.673. The maximum atomic E-state index is 11.8. The molecule has 0 bridgehead atoms. The second kappa shape index (κ2) is 8.51. The van der Waals surface area contributed by atoms with E-state index >= 15 is 0 Å². The molecule has 1 fully saturated rings. The molecule has 1 N–H and O–H groups in total. The fraction of sp³-hybridized carbons (Fsp3) is 0.400. The Morgan fingerprint density at radius 2 is 1.68 bits per heavy atom. The lowest BCUT2D eigenvalue weighted by atomic mass is 10.2. The van der Waals surface area contributed by atoms with Gasteiger partial charge in [0.2, 0.25) is 5.91 Å². The van der Waals surface area contributed by atoms with Crippen LogP contribution in [0.1, 0.15) is 26.2 Å². The number of carbonyl (C=O) groups is 1. The van der Waals surface area contributed by atoms with Gasteiger partial charge in [-0.05, 0) is 30.7 Å². The third-order valence-electron chi connectivity index (χ3n) is 4.54. The Hall–Kier alpha value is -2.56. The van der Waals surface area contributed by atoms with Crippen LogP contribution in [0.4, 0.5) is 17.2 Å². The summed E-state index contributed by atoms with van der Waals surface area (Å²) >= 11 is 0. The molecule has 1 aromatic carbocycles. The minimum atomic E-state index is 0.0403. The molecule has 1 saturated heterocycles. The number of aromatic nitrogens is 1. The molecule has 1 aliphatic heterocycles. The summed E-state index contributed by atoms with van der Waals surface area (Å²) in [4.78, 5) is 20.9. The first-order chi connectivity index (χ1) is 12.3. The number of nitrogens with zero attached hydrogens (tertiary/aromatic N) is 3. The van der Waals surface area contributed by atoms with Crippen molar-refractivity contribution < 1.29 is 4.79 Å². The number of nitrogens with one attached hydrogen (secondary N) is 1. The fourth-order valence-electron chi connectivity index (χ4n) is 3.05. The lowest BCUT2D eigenvalue weighted by Crippen LogP contribution is -2.46. The number of carbonyl (C=O) groups excluding carboxylic acids is 1. The Bertz CT molecular complexity index is 664. The highest BCUT2D eigenvalue weighted by atomic mass is 16.1. The van der Waals surface area contributed by atoms with Crippen LogP contribution in [0.3, 0.4) is 0 Å². The number of pyridine rings is 1. The molecule has 5 nitrogen and oxygen atoms in total. The fourth-order valence-corrected chi connectivity index (χ4v) is 3.05. The largest absolute Gasteiger partial charge is 0.368 e. The predicted octanol–water partition coefficient (Wildman–Crippen LogP) is 3.54. The highest BCUT2D eigenvalue weighted by Gasteiger charge is 2.17. The molecular weight excluding hydrogens is 312 g/mol. The molecule has 0 aliphatic carbocycles. The summed E-state index contributed by atoms with van der Waals surface area (Å²) in [5, 5.41) is 2.86. The number of amides is 1. The number of anilines is 3. The van der Waals surface area contributed by atoms with Crippen molar-refractivity contribution >= 4 is 23.1 Å². The van der Waals surface area contributed by atoms with Gasteiger partial charge in [0.1, 0.15) is 5.82 Å². The maximum Gasteiger partial charge on any atom is 0.225 e. The smallest absolute Gasteiger partial charge is 0.225 e. The van der Waals surface area contributed by atoms with E-state index in [1.165, 1.54) is 5.69 Å². The summed E-state index contributed by atoms with van der Waals surface area (Å²) in [5.41, 5.74) is 2.39. The average molecular weight is 338 g/mol. The molecule has 1 aromatic heterocycles. The van der Waals surface area contributed by atoms with Crippen molar-refractivity contribution in [2.24, 2.45) is 0 Å². The van der Waals surface area contributed by atoms with Crippen LogP contribution in [0, 0.1) is 0 Å². The van der Waals surface area contributed by atoms with Crippen LogP contribution in [-0.4, -0.2) is 37.1 Å². The van der Waals surface area contributed by atoms with Gasteiger partial charge in [-0.1, -0.05) is 31.5 Å². The molecule has 0 saturated carbocycles. The van der Waals surface area contributed by atoms with Crippen molar-refractivity contribution in [1.82, 2.24) is 4.98 Å². The summed E-state index contributed by atoms with van der Waals surface area (Å²) in [6.45, 7) is 6.02. The Kier molecular flexibility index (Phi) is 5.88. The minimum absolute atomic E-state index is 0.0403. The van der Waals surface area contributed by atoms with E-state index < -0.39 is 0 Å². The van der Waals surface area contributed by atoms with E-state index in [9.17, 15) is 4.79 Å². The predicted molar refractivity (Wildman–Crippen MR) is 103 cm³/mol. The van der Waals surface area contributed by atoms with E-state index in [0.29, 0.717) is 12.2 Å². The zero-order chi connectivity index (χ0) is 17.5. The molecule has 0 spiro atoms. The Balaban J connectivity index is 1.52. The molecule has 25 heavy (non-hydrogen) atoms. The van der Waals surface area contributed by atoms with E-state index in [1.807, 2.05) is 24.4 Å². The van der Waals surface area contributed by atoms with Crippen molar-refractivity contribution in [2.45, 2.75) is 26.2 Å². The van der Waals surface area contributed by atoms with Gasteiger partial charge in [0, 0.05) is 38.3 Å². The number of benzene rings is 1. The molecule has 0 atom stereocenters. The molecule has 2 heterocycles. The zero-order valence-corrected chi connectivity index (χ0v) is 14.8. The van der Waals surface area contributed by atoms with Gasteiger partial charge in [-0.3, -0.25) is 4.79 Å². The van der Waals surface area contributed by atoms with Gasteiger partial charge >= 0.3 is 0 Å². The summed E-state index contributed by atoms with van der Waals surface area (Å²) in [6, 6.07) is 14.5. The number of unbranched alkanes of at least 4 members (excludes halogenated alkanes) is 1. The normalized spacial score (nSPS) is 14.4. The maximum absolute atomic E-state index is 11.8. The molecule has 2 aromatic rings. The van der Waals surface area contributed by atoms with Crippen LogP contribution < -0.4 is 15.1 Å². The van der Waals surface area contributed by atoms with Crippen LogP contribution in [0.5, 0.6) is 0 Å². The second-order valence-electron chi connectivity index (χ2n) is 6.36. The van der Waals surface area contributed by atoms with Gasteiger partial charge in [0.25, 0.3) is 0 Å². The van der Waals surface area contributed by atoms with Gasteiger partial charge in [0.15, 0.2) is 0 Å². The molecule has 3 rings (SSSR count). The first kappa shape index (κ1) is 17.3. The van der Waals surface area contributed by atoms with E-state index in [4.69, 9.17) is 0 Å². The van der Waals surface area contributed by atoms with Crippen molar-refractivity contribution in [3.05, 3.63) is 48.7 Å².